The Morgan fingerprint density at radius 2 is 1.45 bits per heavy atom. The van der Waals surface area contributed by atoms with Crippen molar-refractivity contribution in [1.29, 1.82) is 0 Å². The summed E-state index contributed by atoms with van der Waals surface area (Å²) in [6, 6.07) is 6.38. The van der Waals surface area contributed by atoms with Gasteiger partial charge in [-0.05, 0) is 154 Å². The molecule has 1 aromatic carbocycles. The Morgan fingerprint density at radius 3 is 2.11 bits per heavy atom. The largest absolute Gasteiger partial charge is 0.478 e. The highest BCUT2D eigenvalue weighted by Gasteiger charge is 2.72. The maximum Gasteiger partial charge on any atom is 0.336 e. The van der Waals surface area contributed by atoms with Crippen molar-refractivity contribution in [3.05, 3.63) is 47.5 Å². The van der Waals surface area contributed by atoms with Gasteiger partial charge in [0.25, 0.3) is 5.91 Å². The van der Waals surface area contributed by atoms with Crippen LogP contribution in [-0.2, 0) is 4.79 Å². The first-order valence-corrected chi connectivity index (χ1v) is 21.2. The molecule has 0 aromatic heterocycles. The molecule has 7 heteroatoms. The lowest BCUT2D eigenvalue weighted by atomic mass is 9.32. The van der Waals surface area contributed by atoms with Crippen LogP contribution in [0, 0.1) is 56.7 Å². The Kier molecular flexibility index (Phi) is 11.3. The molecule has 1 unspecified atom stereocenters. The summed E-state index contributed by atoms with van der Waals surface area (Å²) >= 11 is 0. The third-order valence-electron chi connectivity index (χ3n) is 17.2. The molecule has 5 fully saturated rings. The predicted molar refractivity (Wildman–Crippen MR) is 211 cm³/mol. The molecule has 53 heavy (non-hydrogen) atoms. The number of carboxylic acids is 1. The zero-order chi connectivity index (χ0) is 38.6. The first-order valence-electron chi connectivity index (χ1n) is 21.2. The Balaban J connectivity index is 1.35. The molecule has 6 rings (SSSR count). The van der Waals surface area contributed by atoms with Gasteiger partial charge in [0.1, 0.15) is 0 Å². The second-order valence-electron chi connectivity index (χ2n) is 19.7. The number of nitrogens with zero attached hydrogens (tertiary/aromatic N) is 1. The van der Waals surface area contributed by atoms with Gasteiger partial charge in [-0.15, -0.1) is 0 Å². The number of amides is 2. The lowest BCUT2D eigenvalue weighted by molar-refractivity contribution is -0.247. The molecular formula is C46H70N2O5. The van der Waals surface area contributed by atoms with E-state index in [0.29, 0.717) is 37.3 Å². The summed E-state index contributed by atoms with van der Waals surface area (Å²) in [5.74, 6) is -0.00874. The number of imide groups is 1. The fourth-order valence-electron chi connectivity index (χ4n) is 14.2. The number of aliphatic hydroxyl groups is 1. The minimum Gasteiger partial charge on any atom is -0.478 e. The number of rotatable bonds is 12. The number of aliphatic hydroxyl groups excluding tert-OH is 1. The zero-order valence-corrected chi connectivity index (χ0v) is 33.9. The third-order valence-corrected chi connectivity index (χ3v) is 17.2. The second-order valence-corrected chi connectivity index (χ2v) is 19.7. The van der Waals surface area contributed by atoms with Crippen LogP contribution in [0.1, 0.15) is 165 Å². The highest BCUT2D eigenvalue weighted by molar-refractivity contribution is 6.11. The van der Waals surface area contributed by atoms with Crippen molar-refractivity contribution in [2.24, 2.45) is 62.4 Å². The van der Waals surface area contributed by atoms with Crippen molar-refractivity contribution in [3.63, 3.8) is 0 Å². The first kappa shape index (κ1) is 40.2. The molecular weight excluding hydrogens is 661 g/mol. The van der Waals surface area contributed by atoms with Gasteiger partial charge in [-0.1, -0.05) is 84.6 Å². The molecule has 10 atom stereocenters. The smallest absolute Gasteiger partial charge is 0.336 e. The van der Waals surface area contributed by atoms with Crippen molar-refractivity contribution < 1.29 is 24.6 Å². The normalized spacial score (nSPS) is 38.5. The molecule has 2 amide bonds. The van der Waals surface area contributed by atoms with E-state index in [4.69, 9.17) is 5.73 Å². The molecule has 0 heterocycles. The summed E-state index contributed by atoms with van der Waals surface area (Å²) in [6.07, 6.45) is 15.3. The maximum absolute atomic E-state index is 15.5. The van der Waals surface area contributed by atoms with Crippen LogP contribution in [0.3, 0.4) is 0 Å². The molecule has 0 saturated heterocycles. The Morgan fingerprint density at radius 1 is 0.792 bits per heavy atom. The van der Waals surface area contributed by atoms with Crippen LogP contribution in [0.4, 0.5) is 0 Å². The van der Waals surface area contributed by atoms with Crippen LogP contribution in [0.25, 0.3) is 0 Å². The number of hydrogen-bond acceptors (Lipinski definition) is 5. The lowest BCUT2D eigenvalue weighted by Gasteiger charge is -2.72. The van der Waals surface area contributed by atoms with Gasteiger partial charge in [0.05, 0.1) is 22.6 Å². The molecule has 294 valence electrons. The van der Waals surface area contributed by atoms with E-state index in [-0.39, 0.29) is 56.6 Å². The molecule has 5 aliphatic rings. The van der Waals surface area contributed by atoms with Crippen LogP contribution in [0.15, 0.2) is 36.4 Å². The molecule has 4 N–H and O–H groups in total. The van der Waals surface area contributed by atoms with Crippen molar-refractivity contribution in [1.82, 2.24) is 4.90 Å². The maximum atomic E-state index is 15.5. The van der Waals surface area contributed by atoms with E-state index >= 15 is 4.79 Å². The van der Waals surface area contributed by atoms with Crippen LogP contribution >= 0.6 is 0 Å². The minimum absolute atomic E-state index is 0.0326. The van der Waals surface area contributed by atoms with E-state index in [9.17, 15) is 19.8 Å². The number of carboxylic acid groups (broad SMARTS) is 1. The Hall–Kier alpha value is -2.51. The number of fused-ring (bicyclic) bond motifs is 7. The molecule has 0 spiro atoms. The van der Waals surface area contributed by atoms with E-state index in [1.54, 1.807) is 18.2 Å². The van der Waals surface area contributed by atoms with Gasteiger partial charge >= 0.3 is 5.97 Å². The molecule has 7 nitrogen and oxygen atoms in total. The Labute approximate surface area is 319 Å². The van der Waals surface area contributed by atoms with E-state index in [0.717, 1.165) is 102 Å². The van der Waals surface area contributed by atoms with E-state index < -0.39 is 17.3 Å². The van der Waals surface area contributed by atoms with Crippen LogP contribution in [0.2, 0.25) is 0 Å². The van der Waals surface area contributed by atoms with Gasteiger partial charge in [-0.2, -0.15) is 0 Å². The molecule has 0 bridgehead atoms. The van der Waals surface area contributed by atoms with Crippen LogP contribution in [-0.4, -0.2) is 52.1 Å². The van der Waals surface area contributed by atoms with Crippen molar-refractivity contribution in [2.75, 3.05) is 13.1 Å². The van der Waals surface area contributed by atoms with Gasteiger partial charge in [0.15, 0.2) is 0 Å². The Bertz CT molecular complexity index is 1570. The summed E-state index contributed by atoms with van der Waals surface area (Å²) in [7, 11) is 0. The fraction of sp³-hybridized carbons (Fsp3) is 0.761. The molecule has 0 radical (unpaired) electrons. The number of aromatic carboxylic acids is 1. The highest BCUT2D eigenvalue weighted by atomic mass is 16.4. The van der Waals surface area contributed by atoms with Gasteiger partial charge in [-0.25, -0.2) is 4.79 Å². The van der Waals surface area contributed by atoms with Gasteiger partial charge in [-0.3, -0.25) is 14.5 Å². The van der Waals surface area contributed by atoms with Crippen LogP contribution in [0.5, 0.6) is 0 Å². The fourth-order valence-corrected chi connectivity index (χ4v) is 14.2. The highest BCUT2D eigenvalue weighted by Crippen LogP contribution is 2.77. The average molecular weight is 731 g/mol. The topological polar surface area (TPSA) is 121 Å². The summed E-state index contributed by atoms with van der Waals surface area (Å²) in [6.45, 7) is 20.0. The average Bonchev–Trinajstić information content (AvgIpc) is 3.52. The summed E-state index contributed by atoms with van der Waals surface area (Å²) in [5.41, 5.74) is 6.42. The number of carbonyl (C=O) groups excluding carboxylic acids is 2. The molecule has 5 saturated carbocycles. The zero-order valence-electron chi connectivity index (χ0n) is 33.9. The van der Waals surface area contributed by atoms with Crippen molar-refractivity contribution in [3.8, 4) is 0 Å². The lowest BCUT2D eigenvalue weighted by Crippen LogP contribution is -2.67. The quantitative estimate of drug-likeness (QED) is 0.112. The summed E-state index contributed by atoms with van der Waals surface area (Å²) in [5, 5.41) is 21.2. The van der Waals surface area contributed by atoms with Gasteiger partial charge < -0.3 is 15.9 Å². The van der Waals surface area contributed by atoms with Gasteiger partial charge in [0.2, 0.25) is 5.91 Å². The second kappa shape index (κ2) is 14.9. The van der Waals surface area contributed by atoms with Crippen molar-refractivity contribution >= 4 is 17.8 Å². The predicted octanol–water partition coefficient (Wildman–Crippen LogP) is 9.67. The van der Waals surface area contributed by atoms with Crippen molar-refractivity contribution in [2.45, 2.75) is 150 Å². The first-order chi connectivity index (χ1) is 25.0. The standard InChI is InChI=1S/C46H70N2O5/c1-30(2)31-20-25-46(41(53)48(29-15-11-9-8-10-14-28-47)39(50)32-16-12-13-17-33(32)40(51)52)27-26-44(6)34(38(31)46)18-19-36-43(5)23-22-37(49)42(3,4)35(43)21-24-45(36,44)7/h12-13,16-17,31,34-38,49H,1,8-11,14-15,18-29,47H2,2-7H3,(H,51,52)/t31-,34+,35-,36?,37-,38+,43-,44+,45+,46-/m0/s1. The minimum atomic E-state index is -1.15. The number of unbranched alkanes of at least 4 members (excludes halogenated alkanes) is 5. The number of carbonyl (C=O) groups is 3. The SMILES string of the molecule is C=C(C)[C@@H]1CC[C@]2(C(=O)N(CCCCCCCCN)C(=O)c3ccccc3C(=O)O)CC[C@]3(C)[C@H](CCC4[C@@]5(C)CC[C@H](O)C(C)(C)[C@@H]5CC[C@]43C)[C@@H]12. The number of benzene rings is 1. The van der Waals surface area contributed by atoms with E-state index in [2.05, 4.69) is 48.1 Å². The number of nitrogens with two attached hydrogens (primary N) is 1. The summed E-state index contributed by atoms with van der Waals surface area (Å²) < 4.78 is 0. The molecule has 1 aromatic rings. The molecule has 0 aliphatic heterocycles. The summed E-state index contributed by atoms with van der Waals surface area (Å²) in [4.78, 5) is 43.9. The van der Waals surface area contributed by atoms with E-state index in [1.165, 1.54) is 11.0 Å². The number of hydrogen-bond donors (Lipinski definition) is 3. The monoisotopic (exact) mass is 731 g/mol. The van der Waals surface area contributed by atoms with Gasteiger partial charge in [0, 0.05) is 6.54 Å². The van der Waals surface area contributed by atoms with E-state index in [1.807, 2.05) is 0 Å². The van der Waals surface area contributed by atoms with Crippen LogP contribution < -0.4 is 5.73 Å². The number of allylic oxidation sites excluding steroid dienone is 1. The molecule has 5 aliphatic carbocycles. The third kappa shape index (κ3) is 6.36.